The summed E-state index contributed by atoms with van der Waals surface area (Å²) >= 11 is 2.35. The molecule has 1 aromatic rings. The second kappa shape index (κ2) is 6.35. The highest BCUT2D eigenvalue weighted by Gasteiger charge is 2.31. The highest BCUT2D eigenvalue weighted by Crippen LogP contribution is 2.33. The van der Waals surface area contributed by atoms with Crippen molar-refractivity contribution in [1.82, 2.24) is 4.90 Å². The van der Waals surface area contributed by atoms with E-state index in [4.69, 9.17) is 5.73 Å². The summed E-state index contributed by atoms with van der Waals surface area (Å²) in [6.07, 6.45) is 3.92. The van der Waals surface area contributed by atoms with Gasteiger partial charge in [-0.05, 0) is 79.6 Å². The maximum Gasteiger partial charge on any atom is 0.0319 e. The number of hydrogen-bond acceptors (Lipinski definition) is 2. The van der Waals surface area contributed by atoms with Gasteiger partial charge in [-0.1, -0.05) is 18.6 Å². The number of nitrogens with two attached hydrogens (primary N) is 1. The largest absolute Gasteiger partial charge is 0.330 e. The van der Waals surface area contributed by atoms with Gasteiger partial charge in [0.25, 0.3) is 0 Å². The van der Waals surface area contributed by atoms with E-state index < -0.39 is 0 Å². The van der Waals surface area contributed by atoms with Crippen LogP contribution in [-0.4, -0.2) is 24.5 Å². The molecular weight excluding hydrogens is 335 g/mol. The van der Waals surface area contributed by atoms with Crippen molar-refractivity contribution in [2.45, 2.75) is 38.3 Å². The van der Waals surface area contributed by atoms with Crippen molar-refractivity contribution in [3.63, 3.8) is 0 Å². The van der Waals surface area contributed by atoms with E-state index in [-0.39, 0.29) is 0 Å². The minimum Gasteiger partial charge on any atom is -0.330 e. The van der Waals surface area contributed by atoms with Gasteiger partial charge in [0.2, 0.25) is 0 Å². The van der Waals surface area contributed by atoms with Gasteiger partial charge in [0.05, 0.1) is 0 Å². The van der Waals surface area contributed by atoms with Crippen molar-refractivity contribution in [2.75, 3.05) is 13.6 Å². The van der Waals surface area contributed by atoms with Crippen molar-refractivity contribution in [3.05, 3.63) is 33.4 Å². The fourth-order valence-corrected chi connectivity index (χ4v) is 3.45. The average Bonchev–Trinajstić information content (AvgIpc) is 2.86. The Balaban J connectivity index is 2.08. The summed E-state index contributed by atoms with van der Waals surface area (Å²) in [5.41, 5.74) is 7.30. The highest BCUT2D eigenvalue weighted by atomic mass is 127. The van der Waals surface area contributed by atoms with Crippen LogP contribution in [0.25, 0.3) is 0 Å². The van der Waals surface area contributed by atoms with Gasteiger partial charge in [-0.2, -0.15) is 0 Å². The van der Waals surface area contributed by atoms with E-state index in [1.165, 1.54) is 28.4 Å². The predicted octanol–water partition coefficient (Wildman–Crippen LogP) is 3.41. The van der Waals surface area contributed by atoms with Crippen LogP contribution < -0.4 is 5.73 Å². The Labute approximate surface area is 124 Å². The lowest BCUT2D eigenvalue weighted by Crippen LogP contribution is -2.39. The van der Waals surface area contributed by atoms with Crippen LogP contribution in [0.5, 0.6) is 0 Å². The van der Waals surface area contributed by atoms with E-state index in [0.717, 1.165) is 6.54 Å². The lowest BCUT2D eigenvalue weighted by Gasteiger charge is -2.34. The lowest BCUT2D eigenvalue weighted by atomic mass is 9.99. The summed E-state index contributed by atoms with van der Waals surface area (Å²) in [7, 11) is 2.25. The lowest BCUT2D eigenvalue weighted by molar-refractivity contribution is 0.152. The topological polar surface area (TPSA) is 29.3 Å². The van der Waals surface area contributed by atoms with Crippen LogP contribution in [0.2, 0.25) is 0 Å². The summed E-state index contributed by atoms with van der Waals surface area (Å²) in [4.78, 5) is 2.52. The number of halogens is 1. The van der Waals surface area contributed by atoms with E-state index in [0.29, 0.717) is 18.0 Å². The molecule has 1 aliphatic rings. The molecule has 0 saturated heterocycles. The van der Waals surface area contributed by atoms with Crippen LogP contribution in [-0.2, 0) is 0 Å². The third-order valence-electron chi connectivity index (χ3n) is 4.41. The minimum absolute atomic E-state index is 0.471. The molecule has 3 atom stereocenters. The third kappa shape index (κ3) is 3.06. The SMILES string of the molecule is CC(c1ccc(I)cc1)N(C)C1CCCC1CN. The van der Waals surface area contributed by atoms with E-state index >= 15 is 0 Å². The van der Waals surface area contributed by atoms with Gasteiger partial charge in [0, 0.05) is 15.7 Å². The zero-order valence-electron chi connectivity index (χ0n) is 11.3. The van der Waals surface area contributed by atoms with E-state index in [1.54, 1.807) is 0 Å². The highest BCUT2D eigenvalue weighted by molar-refractivity contribution is 14.1. The quantitative estimate of drug-likeness (QED) is 0.836. The van der Waals surface area contributed by atoms with Crippen LogP contribution in [0.3, 0.4) is 0 Å². The Kier molecular flexibility index (Phi) is 5.04. The third-order valence-corrected chi connectivity index (χ3v) is 5.13. The molecule has 2 N–H and O–H groups in total. The first-order chi connectivity index (χ1) is 8.63. The molecule has 18 heavy (non-hydrogen) atoms. The van der Waals surface area contributed by atoms with Crippen LogP contribution in [0.15, 0.2) is 24.3 Å². The summed E-state index contributed by atoms with van der Waals surface area (Å²) < 4.78 is 1.30. The molecule has 0 aromatic heterocycles. The Bertz CT molecular complexity index is 377. The molecule has 1 aliphatic carbocycles. The molecule has 0 spiro atoms. The van der Waals surface area contributed by atoms with Gasteiger partial charge in [0.15, 0.2) is 0 Å². The number of hydrogen-bond donors (Lipinski definition) is 1. The number of nitrogens with zero attached hydrogens (tertiary/aromatic N) is 1. The first kappa shape index (κ1) is 14.3. The van der Waals surface area contributed by atoms with Gasteiger partial charge in [-0.3, -0.25) is 4.90 Å². The monoisotopic (exact) mass is 358 g/mol. The van der Waals surface area contributed by atoms with Crippen molar-refractivity contribution < 1.29 is 0 Å². The molecule has 1 fully saturated rings. The summed E-state index contributed by atoms with van der Waals surface area (Å²) in [5.74, 6) is 0.682. The van der Waals surface area contributed by atoms with E-state index in [2.05, 4.69) is 65.7 Å². The van der Waals surface area contributed by atoms with Crippen molar-refractivity contribution in [3.8, 4) is 0 Å². The van der Waals surface area contributed by atoms with Crippen molar-refractivity contribution >= 4 is 22.6 Å². The van der Waals surface area contributed by atoms with Crippen LogP contribution in [0.4, 0.5) is 0 Å². The Hall–Kier alpha value is -0.130. The van der Waals surface area contributed by atoms with Crippen LogP contribution in [0.1, 0.15) is 37.8 Å². The average molecular weight is 358 g/mol. The molecule has 1 saturated carbocycles. The van der Waals surface area contributed by atoms with Crippen molar-refractivity contribution in [1.29, 1.82) is 0 Å². The molecule has 2 rings (SSSR count). The Morgan fingerprint density at radius 1 is 1.33 bits per heavy atom. The number of benzene rings is 1. The van der Waals surface area contributed by atoms with Gasteiger partial charge >= 0.3 is 0 Å². The second-order valence-electron chi connectivity index (χ2n) is 5.39. The number of rotatable bonds is 4. The first-order valence-electron chi connectivity index (χ1n) is 6.81. The summed E-state index contributed by atoms with van der Waals surface area (Å²) in [6.45, 7) is 3.13. The summed E-state index contributed by atoms with van der Waals surface area (Å²) in [5, 5.41) is 0. The first-order valence-corrected chi connectivity index (χ1v) is 7.89. The van der Waals surface area contributed by atoms with Gasteiger partial charge < -0.3 is 5.73 Å². The maximum absolute atomic E-state index is 5.89. The molecule has 2 nitrogen and oxygen atoms in total. The molecule has 0 heterocycles. The molecular formula is C15H23IN2. The molecule has 0 aliphatic heterocycles. The Morgan fingerprint density at radius 2 is 2.00 bits per heavy atom. The zero-order chi connectivity index (χ0) is 13.1. The molecule has 3 unspecified atom stereocenters. The summed E-state index contributed by atoms with van der Waals surface area (Å²) in [6, 6.07) is 10.00. The van der Waals surface area contributed by atoms with E-state index in [1.807, 2.05) is 0 Å². The maximum atomic E-state index is 5.89. The zero-order valence-corrected chi connectivity index (χ0v) is 13.4. The normalized spacial score (nSPS) is 25.6. The fourth-order valence-electron chi connectivity index (χ4n) is 3.09. The molecule has 1 aromatic carbocycles. The fraction of sp³-hybridized carbons (Fsp3) is 0.600. The van der Waals surface area contributed by atoms with Gasteiger partial charge in [-0.25, -0.2) is 0 Å². The van der Waals surface area contributed by atoms with Gasteiger partial charge in [-0.15, -0.1) is 0 Å². The second-order valence-corrected chi connectivity index (χ2v) is 6.63. The molecule has 0 bridgehead atoms. The van der Waals surface area contributed by atoms with Gasteiger partial charge in [0.1, 0.15) is 0 Å². The minimum atomic E-state index is 0.471. The van der Waals surface area contributed by atoms with Crippen LogP contribution in [0, 0.1) is 9.49 Å². The molecule has 100 valence electrons. The molecule has 0 amide bonds. The molecule has 0 radical (unpaired) electrons. The Morgan fingerprint density at radius 3 is 2.61 bits per heavy atom. The predicted molar refractivity (Wildman–Crippen MR) is 85.5 cm³/mol. The molecule has 3 heteroatoms. The van der Waals surface area contributed by atoms with E-state index in [9.17, 15) is 0 Å². The van der Waals surface area contributed by atoms with Crippen LogP contribution >= 0.6 is 22.6 Å². The van der Waals surface area contributed by atoms with Crippen molar-refractivity contribution in [2.24, 2.45) is 11.7 Å². The standard InChI is InChI=1S/C15H23IN2/c1-11(12-6-8-14(16)9-7-12)18(2)15-5-3-4-13(15)10-17/h6-9,11,13,15H,3-5,10,17H2,1-2H3. The smallest absolute Gasteiger partial charge is 0.0319 e.